The summed E-state index contributed by atoms with van der Waals surface area (Å²) >= 11 is 5.88. The van der Waals surface area contributed by atoms with Gasteiger partial charge in [-0.2, -0.15) is 0 Å². The van der Waals surface area contributed by atoms with Gasteiger partial charge >= 0.3 is 5.91 Å². The van der Waals surface area contributed by atoms with Gasteiger partial charge in [0.05, 0.1) is 16.3 Å². The number of nitrogens with one attached hydrogen (secondary N) is 1. The Bertz CT molecular complexity index is 1170. The highest BCUT2D eigenvalue weighted by Gasteiger charge is 2.27. The van der Waals surface area contributed by atoms with Crippen molar-refractivity contribution in [3.8, 4) is 11.3 Å². The number of amides is 1. The second kappa shape index (κ2) is 7.33. The molecule has 1 amide bonds. The van der Waals surface area contributed by atoms with E-state index in [0.29, 0.717) is 0 Å². The Morgan fingerprint density at radius 3 is 2.32 bits per heavy atom. The largest absolute Gasteiger partial charge is 0.327 e. The summed E-state index contributed by atoms with van der Waals surface area (Å²) in [4.78, 5) is 16.2. The van der Waals surface area contributed by atoms with Crippen molar-refractivity contribution in [3.05, 3.63) is 70.6 Å². The van der Waals surface area contributed by atoms with Gasteiger partial charge in [0, 0.05) is 12.7 Å². The Morgan fingerprint density at radius 1 is 1.11 bits per heavy atom. The Hall–Kier alpha value is -2.78. The standard InChI is InChI=1S/C18H14ClF2N3O3S/c1-10-16(15-12(20)7-5-8-13(15)21)22-17(24(10)2)18(25)23-28(26,27)14-9-4-3-6-11(14)19/h3-9H,1-2H3,(H,23,25). The number of rotatable bonds is 4. The SMILES string of the molecule is Cc1c(-c2c(F)cccc2F)nc(C(=O)NS(=O)(=O)c2ccccc2Cl)n1C. The smallest absolute Gasteiger partial charge is 0.301 e. The van der Waals surface area contributed by atoms with Crippen molar-refractivity contribution in [1.82, 2.24) is 14.3 Å². The average Bonchev–Trinajstić information content (AvgIpc) is 2.90. The van der Waals surface area contributed by atoms with E-state index in [-0.39, 0.29) is 27.1 Å². The number of imidazole rings is 1. The first-order valence-corrected chi connectivity index (χ1v) is 9.79. The van der Waals surface area contributed by atoms with Crippen LogP contribution < -0.4 is 4.72 Å². The van der Waals surface area contributed by atoms with Gasteiger partial charge < -0.3 is 4.57 Å². The molecule has 0 saturated heterocycles. The van der Waals surface area contributed by atoms with Crippen molar-refractivity contribution in [3.63, 3.8) is 0 Å². The van der Waals surface area contributed by atoms with Crippen LogP contribution in [0.15, 0.2) is 47.4 Å². The molecule has 3 aromatic rings. The Balaban J connectivity index is 2.02. The van der Waals surface area contributed by atoms with E-state index in [1.807, 2.05) is 4.72 Å². The van der Waals surface area contributed by atoms with Crippen LogP contribution in [0, 0.1) is 18.6 Å². The van der Waals surface area contributed by atoms with Crippen LogP contribution in [0.1, 0.15) is 16.3 Å². The monoisotopic (exact) mass is 425 g/mol. The molecule has 0 atom stereocenters. The van der Waals surface area contributed by atoms with Crippen LogP contribution in [0.25, 0.3) is 11.3 Å². The molecule has 6 nitrogen and oxygen atoms in total. The summed E-state index contributed by atoms with van der Waals surface area (Å²) in [7, 11) is -2.84. The lowest BCUT2D eigenvalue weighted by Gasteiger charge is -2.08. The fourth-order valence-corrected chi connectivity index (χ4v) is 4.10. The van der Waals surface area contributed by atoms with E-state index in [1.165, 1.54) is 42.8 Å². The molecule has 0 spiro atoms. The minimum atomic E-state index is -4.27. The highest BCUT2D eigenvalue weighted by Crippen LogP contribution is 2.28. The summed E-state index contributed by atoms with van der Waals surface area (Å²) < 4.78 is 56.2. The van der Waals surface area contributed by atoms with Gasteiger partial charge in [-0.05, 0) is 31.2 Å². The van der Waals surface area contributed by atoms with Crippen LogP contribution in [0.5, 0.6) is 0 Å². The molecule has 1 aromatic heterocycles. The normalized spacial score (nSPS) is 11.5. The van der Waals surface area contributed by atoms with Crippen molar-refractivity contribution in [1.29, 1.82) is 0 Å². The molecule has 2 aromatic carbocycles. The third kappa shape index (κ3) is 3.50. The molecule has 0 fully saturated rings. The summed E-state index contributed by atoms with van der Waals surface area (Å²) in [6.07, 6.45) is 0. The molecule has 0 aliphatic rings. The maximum atomic E-state index is 14.1. The summed E-state index contributed by atoms with van der Waals surface area (Å²) in [5.74, 6) is -3.09. The lowest BCUT2D eigenvalue weighted by atomic mass is 10.1. The average molecular weight is 426 g/mol. The second-order valence-electron chi connectivity index (χ2n) is 5.89. The lowest BCUT2D eigenvalue weighted by Crippen LogP contribution is -2.32. The Kier molecular flexibility index (Phi) is 5.22. The van der Waals surface area contributed by atoms with Crippen molar-refractivity contribution in [2.45, 2.75) is 11.8 Å². The molecular weight excluding hydrogens is 412 g/mol. The zero-order valence-corrected chi connectivity index (χ0v) is 16.3. The fourth-order valence-electron chi connectivity index (χ4n) is 2.63. The van der Waals surface area contributed by atoms with Gasteiger partial charge in [-0.15, -0.1) is 0 Å². The Morgan fingerprint density at radius 2 is 1.71 bits per heavy atom. The van der Waals surface area contributed by atoms with Crippen LogP contribution in [0.4, 0.5) is 8.78 Å². The van der Waals surface area contributed by atoms with Crippen LogP contribution in [0.2, 0.25) is 5.02 Å². The van der Waals surface area contributed by atoms with Gasteiger partial charge in [-0.3, -0.25) is 4.79 Å². The van der Waals surface area contributed by atoms with Gasteiger partial charge in [0.15, 0.2) is 0 Å². The number of halogens is 3. The summed E-state index contributed by atoms with van der Waals surface area (Å²) in [6.45, 7) is 1.51. The Labute approximate surface area is 164 Å². The molecule has 3 rings (SSSR count). The van der Waals surface area contributed by atoms with Gasteiger partial charge in [-0.25, -0.2) is 26.9 Å². The van der Waals surface area contributed by atoms with Crippen molar-refractivity contribution in [2.75, 3.05) is 0 Å². The quantitative estimate of drug-likeness (QED) is 0.694. The van der Waals surface area contributed by atoms with E-state index in [1.54, 1.807) is 6.07 Å². The van der Waals surface area contributed by atoms with E-state index in [0.717, 1.165) is 12.1 Å². The van der Waals surface area contributed by atoms with Gasteiger partial charge in [0.2, 0.25) is 5.82 Å². The number of hydrogen-bond acceptors (Lipinski definition) is 4. The molecule has 28 heavy (non-hydrogen) atoms. The van der Waals surface area contributed by atoms with Crippen LogP contribution in [0.3, 0.4) is 0 Å². The van der Waals surface area contributed by atoms with E-state index in [4.69, 9.17) is 11.6 Å². The molecule has 146 valence electrons. The van der Waals surface area contributed by atoms with E-state index >= 15 is 0 Å². The van der Waals surface area contributed by atoms with E-state index in [9.17, 15) is 22.0 Å². The number of aromatic nitrogens is 2. The third-order valence-electron chi connectivity index (χ3n) is 4.14. The number of nitrogens with zero attached hydrogens (tertiary/aromatic N) is 2. The highest BCUT2D eigenvalue weighted by molar-refractivity contribution is 7.90. The van der Waals surface area contributed by atoms with Crippen LogP contribution in [-0.4, -0.2) is 23.9 Å². The topological polar surface area (TPSA) is 81.1 Å². The number of sulfonamides is 1. The lowest BCUT2D eigenvalue weighted by molar-refractivity contribution is 0.0968. The zero-order valence-electron chi connectivity index (χ0n) is 14.7. The van der Waals surface area contributed by atoms with Crippen molar-refractivity contribution in [2.24, 2.45) is 7.05 Å². The molecule has 0 saturated carbocycles. The highest BCUT2D eigenvalue weighted by atomic mass is 35.5. The van der Waals surface area contributed by atoms with E-state index in [2.05, 4.69) is 4.98 Å². The summed E-state index contributed by atoms with van der Waals surface area (Å²) in [5.41, 5.74) is -0.216. The minimum absolute atomic E-state index is 0.0621. The first-order chi connectivity index (χ1) is 13.1. The maximum Gasteiger partial charge on any atom is 0.301 e. The van der Waals surface area contributed by atoms with Crippen LogP contribution in [-0.2, 0) is 17.1 Å². The maximum absolute atomic E-state index is 14.1. The predicted molar refractivity (Wildman–Crippen MR) is 99.4 cm³/mol. The van der Waals surface area contributed by atoms with Crippen molar-refractivity contribution >= 4 is 27.5 Å². The third-order valence-corrected chi connectivity index (χ3v) is 5.97. The number of carbonyl (C=O) groups excluding carboxylic acids is 1. The molecule has 0 radical (unpaired) electrons. The first kappa shape index (κ1) is 20.0. The molecule has 10 heteroatoms. The second-order valence-corrected chi connectivity index (χ2v) is 7.95. The molecule has 0 bridgehead atoms. The van der Waals surface area contributed by atoms with Gasteiger partial charge in [0.25, 0.3) is 10.0 Å². The number of benzene rings is 2. The number of carbonyl (C=O) groups is 1. The fraction of sp³-hybridized carbons (Fsp3) is 0.111. The molecule has 0 unspecified atom stereocenters. The van der Waals surface area contributed by atoms with E-state index < -0.39 is 33.1 Å². The molecule has 1 heterocycles. The van der Waals surface area contributed by atoms with Gasteiger partial charge in [-0.1, -0.05) is 29.8 Å². The van der Waals surface area contributed by atoms with Crippen molar-refractivity contribution < 1.29 is 22.0 Å². The minimum Gasteiger partial charge on any atom is -0.327 e. The summed E-state index contributed by atoms with van der Waals surface area (Å²) in [5, 5.41) is -0.0621. The summed E-state index contributed by atoms with van der Waals surface area (Å²) in [6, 6.07) is 8.93. The van der Waals surface area contributed by atoms with Crippen LogP contribution >= 0.6 is 11.6 Å². The zero-order chi connectivity index (χ0) is 20.6. The predicted octanol–water partition coefficient (Wildman–Crippen LogP) is 3.45. The number of hydrogen-bond donors (Lipinski definition) is 1. The molecule has 0 aliphatic carbocycles. The molecule has 1 N–H and O–H groups in total. The van der Waals surface area contributed by atoms with Gasteiger partial charge in [0.1, 0.15) is 16.5 Å². The molecular formula is C18H14ClF2N3O3S. The first-order valence-electron chi connectivity index (χ1n) is 7.93. The molecule has 0 aliphatic heterocycles.